The van der Waals surface area contributed by atoms with Crippen LogP contribution in [0.25, 0.3) is 10.2 Å². The molecule has 0 bridgehead atoms. The van der Waals surface area contributed by atoms with Crippen LogP contribution in [0.5, 0.6) is 0 Å². The number of nitrogen functional groups attached to an aromatic ring is 1. The number of benzene rings is 1. The molecule has 1 aliphatic rings. The summed E-state index contributed by atoms with van der Waals surface area (Å²) in [6.07, 6.45) is 2.61. The maximum Gasteiger partial charge on any atom is 0.240 e. The summed E-state index contributed by atoms with van der Waals surface area (Å²) in [4.78, 5) is 18.7. The number of carbonyl (C=O) groups is 1. The number of amides is 1. The van der Waals surface area contributed by atoms with Crippen molar-refractivity contribution in [3.63, 3.8) is 0 Å². The van der Waals surface area contributed by atoms with E-state index in [1.807, 2.05) is 18.2 Å². The molecule has 0 radical (unpaired) electrons. The Morgan fingerprint density at radius 2 is 2.33 bits per heavy atom. The largest absolute Gasteiger partial charge is 0.399 e. The van der Waals surface area contributed by atoms with E-state index in [9.17, 15) is 4.79 Å². The highest BCUT2D eigenvalue weighted by atomic mass is 32.1. The summed E-state index contributed by atoms with van der Waals surface area (Å²) >= 11 is 1.46. The minimum absolute atomic E-state index is 0.00419. The van der Waals surface area contributed by atoms with Crippen LogP contribution in [0.2, 0.25) is 0 Å². The Balaban J connectivity index is 1.62. The second-order valence-electron chi connectivity index (χ2n) is 5.57. The first-order valence-electron chi connectivity index (χ1n) is 7.32. The Bertz CT molecular complexity index is 650. The van der Waals surface area contributed by atoms with Gasteiger partial charge in [0.05, 0.1) is 16.8 Å². The molecule has 1 aliphatic carbocycles. The molecule has 6 heteroatoms. The van der Waals surface area contributed by atoms with E-state index >= 15 is 0 Å². The molecular formula is C15H20N4OS. The molecule has 3 N–H and O–H groups in total. The fourth-order valence-electron chi connectivity index (χ4n) is 2.33. The predicted octanol–water partition coefficient (Wildman–Crippen LogP) is 2.55. The first-order valence-corrected chi connectivity index (χ1v) is 8.14. The highest BCUT2D eigenvalue weighted by Gasteiger charge is 2.24. The normalized spacial score (nSPS) is 14.8. The Morgan fingerprint density at radius 3 is 3.05 bits per heavy atom. The maximum atomic E-state index is 12.1. The monoisotopic (exact) mass is 304 g/mol. The zero-order valence-corrected chi connectivity index (χ0v) is 12.9. The molecule has 1 heterocycles. The third-order valence-electron chi connectivity index (χ3n) is 3.69. The minimum atomic E-state index is 0.00419. The molecule has 1 amide bonds. The van der Waals surface area contributed by atoms with E-state index < -0.39 is 0 Å². The average Bonchev–Trinajstić information content (AvgIpc) is 3.17. The van der Waals surface area contributed by atoms with Crippen molar-refractivity contribution in [1.29, 1.82) is 0 Å². The van der Waals surface area contributed by atoms with Crippen molar-refractivity contribution >= 4 is 38.3 Å². The quantitative estimate of drug-likeness (QED) is 0.805. The molecule has 0 aliphatic heterocycles. The lowest BCUT2D eigenvalue weighted by Crippen LogP contribution is -2.34. The topological polar surface area (TPSA) is 71.2 Å². The first-order chi connectivity index (χ1) is 10.1. The number of thiazole rings is 1. The Hall–Kier alpha value is -1.66. The van der Waals surface area contributed by atoms with E-state index in [4.69, 9.17) is 5.73 Å². The van der Waals surface area contributed by atoms with E-state index in [1.54, 1.807) is 0 Å². The molecule has 112 valence electrons. The number of fused-ring (bicyclic) bond motifs is 1. The molecule has 2 aromatic rings. The lowest BCUT2D eigenvalue weighted by Gasteiger charge is -2.18. The average molecular weight is 304 g/mol. The van der Waals surface area contributed by atoms with Crippen LogP contribution in [-0.2, 0) is 4.79 Å². The predicted molar refractivity (Wildman–Crippen MR) is 87.5 cm³/mol. The van der Waals surface area contributed by atoms with Crippen LogP contribution in [0.1, 0.15) is 19.8 Å². The number of nitrogens with one attached hydrogen (secondary N) is 1. The third-order valence-corrected chi connectivity index (χ3v) is 4.62. The van der Waals surface area contributed by atoms with Crippen LogP contribution in [0.3, 0.4) is 0 Å². The van der Waals surface area contributed by atoms with Crippen LogP contribution < -0.4 is 11.1 Å². The summed E-state index contributed by atoms with van der Waals surface area (Å²) in [7, 11) is 0. The number of aromatic nitrogens is 1. The van der Waals surface area contributed by atoms with Crippen molar-refractivity contribution in [1.82, 2.24) is 9.88 Å². The standard InChI is InChI=1S/C15H20N4OS/c1-2-19(8-10-3-4-10)9-14(20)18-15-17-12-6-5-11(16)7-13(12)21-15/h5-7,10H,2-4,8-9,16H2,1H3,(H,17,18,20). The summed E-state index contributed by atoms with van der Waals surface area (Å²) in [5, 5.41) is 3.54. The third kappa shape index (κ3) is 3.71. The molecule has 1 aromatic heterocycles. The zero-order valence-electron chi connectivity index (χ0n) is 12.1. The second kappa shape index (κ2) is 5.99. The Labute approximate surface area is 128 Å². The fourth-order valence-corrected chi connectivity index (χ4v) is 3.26. The molecule has 3 rings (SSSR count). The molecule has 5 nitrogen and oxygen atoms in total. The molecule has 0 unspecified atom stereocenters. The van der Waals surface area contributed by atoms with Crippen LogP contribution in [-0.4, -0.2) is 35.4 Å². The van der Waals surface area contributed by atoms with Gasteiger partial charge in [-0.05, 0) is 43.5 Å². The van der Waals surface area contributed by atoms with Gasteiger partial charge in [0.1, 0.15) is 0 Å². The van der Waals surface area contributed by atoms with Crippen molar-refractivity contribution in [2.45, 2.75) is 19.8 Å². The minimum Gasteiger partial charge on any atom is -0.399 e. The number of carbonyl (C=O) groups excluding carboxylic acids is 1. The molecule has 0 spiro atoms. The van der Waals surface area contributed by atoms with Gasteiger partial charge >= 0.3 is 0 Å². The van der Waals surface area contributed by atoms with Crippen molar-refractivity contribution in [3.05, 3.63) is 18.2 Å². The summed E-state index contributed by atoms with van der Waals surface area (Å²) in [6, 6.07) is 5.58. The SMILES string of the molecule is CCN(CC(=O)Nc1nc2ccc(N)cc2s1)CC1CC1. The lowest BCUT2D eigenvalue weighted by molar-refractivity contribution is -0.117. The summed E-state index contributed by atoms with van der Waals surface area (Å²) in [5.41, 5.74) is 7.34. The smallest absolute Gasteiger partial charge is 0.240 e. The molecule has 1 aromatic carbocycles. The van der Waals surface area contributed by atoms with E-state index in [1.165, 1.54) is 24.2 Å². The van der Waals surface area contributed by atoms with Gasteiger partial charge in [0, 0.05) is 12.2 Å². The first kappa shape index (κ1) is 14.3. The molecule has 1 fully saturated rings. The van der Waals surface area contributed by atoms with Gasteiger partial charge in [0.2, 0.25) is 5.91 Å². The van der Waals surface area contributed by atoms with Crippen molar-refractivity contribution < 1.29 is 4.79 Å². The van der Waals surface area contributed by atoms with Gasteiger partial charge in [-0.2, -0.15) is 0 Å². The zero-order chi connectivity index (χ0) is 14.8. The van der Waals surface area contributed by atoms with E-state index in [2.05, 4.69) is 22.1 Å². The number of anilines is 2. The van der Waals surface area contributed by atoms with Crippen LogP contribution >= 0.6 is 11.3 Å². The van der Waals surface area contributed by atoms with Crippen molar-refractivity contribution in [2.24, 2.45) is 5.92 Å². The van der Waals surface area contributed by atoms with E-state index in [0.29, 0.717) is 17.4 Å². The highest BCUT2D eigenvalue weighted by Crippen LogP contribution is 2.30. The van der Waals surface area contributed by atoms with E-state index in [0.717, 1.165) is 29.2 Å². The van der Waals surface area contributed by atoms with Crippen molar-refractivity contribution in [2.75, 3.05) is 30.7 Å². The molecule has 21 heavy (non-hydrogen) atoms. The summed E-state index contributed by atoms with van der Waals surface area (Å²) < 4.78 is 0.996. The van der Waals surface area contributed by atoms with Crippen LogP contribution in [0, 0.1) is 5.92 Å². The molecular weight excluding hydrogens is 284 g/mol. The summed E-state index contributed by atoms with van der Waals surface area (Å²) in [5.74, 6) is 0.799. The Kier molecular flexibility index (Phi) is 4.07. The number of nitrogens with zero attached hydrogens (tertiary/aromatic N) is 2. The number of rotatable bonds is 6. The number of nitrogens with two attached hydrogens (primary N) is 1. The summed E-state index contributed by atoms with van der Waals surface area (Å²) in [6.45, 7) is 4.46. The van der Waals surface area contributed by atoms with Crippen LogP contribution in [0.4, 0.5) is 10.8 Å². The van der Waals surface area contributed by atoms with Gasteiger partial charge in [-0.15, -0.1) is 0 Å². The molecule has 0 atom stereocenters. The molecule has 1 saturated carbocycles. The van der Waals surface area contributed by atoms with Gasteiger partial charge in [-0.3, -0.25) is 9.69 Å². The van der Waals surface area contributed by atoms with Gasteiger partial charge in [0.15, 0.2) is 5.13 Å². The van der Waals surface area contributed by atoms with Gasteiger partial charge in [-0.1, -0.05) is 18.3 Å². The fraction of sp³-hybridized carbons (Fsp3) is 0.467. The van der Waals surface area contributed by atoms with E-state index in [-0.39, 0.29) is 5.91 Å². The van der Waals surface area contributed by atoms with Crippen molar-refractivity contribution in [3.8, 4) is 0 Å². The number of hydrogen-bond acceptors (Lipinski definition) is 5. The number of likely N-dealkylation sites (N-methyl/N-ethyl adjacent to an activating group) is 1. The van der Waals surface area contributed by atoms with Gasteiger partial charge in [0.25, 0.3) is 0 Å². The highest BCUT2D eigenvalue weighted by molar-refractivity contribution is 7.22. The van der Waals surface area contributed by atoms with Crippen LogP contribution in [0.15, 0.2) is 18.2 Å². The van der Waals surface area contributed by atoms with Gasteiger partial charge < -0.3 is 11.1 Å². The second-order valence-corrected chi connectivity index (χ2v) is 6.60. The Morgan fingerprint density at radius 1 is 1.52 bits per heavy atom. The maximum absolute atomic E-state index is 12.1. The molecule has 0 saturated heterocycles. The number of hydrogen-bond donors (Lipinski definition) is 2. The van der Waals surface area contributed by atoms with Gasteiger partial charge in [-0.25, -0.2) is 4.98 Å². The lowest BCUT2D eigenvalue weighted by atomic mass is 10.3.